The molecule has 0 unspecified atom stereocenters. The zero-order valence-corrected chi connectivity index (χ0v) is 24.7. The molecule has 9 nitrogen and oxygen atoms in total. The number of primary amides is 1. The van der Waals surface area contributed by atoms with Crippen LogP contribution in [0.25, 0.3) is 0 Å². The molecule has 4 rings (SSSR count). The van der Waals surface area contributed by atoms with Gasteiger partial charge in [0.15, 0.2) is 6.61 Å². The molecule has 0 saturated carbocycles. The van der Waals surface area contributed by atoms with Crippen LogP contribution in [0.15, 0.2) is 54.9 Å². The summed E-state index contributed by atoms with van der Waals surface area (Å²) in [6.07, 6.45) is 6.60. The first-order chi connectivity index (χ1) is 19.7. The number of benzene rings is 1. The van der Waals surface area contributed by atoms with Crippen molar-refractivity contribution in [3.8, 4) is 5.75 Å². The number of hydrogen-bond donors (Lipinski definition) is 2. The van der Waals surface area contributed by atoms with Crippen LogP contribution in [0.5, 0.6) is 5.75 Å². The summed E-state index contributed by atoms with van der Waals surface area (Å²) in [6.45, 7) is 9.07. The van der Waals surface area contributed by atoms with Crippen molar-refractivity contribution in [3.63, 3.8) is 0 Å². The number of ether oxygens (including phenoxy) is 1. The summed E-state index contributed by atoms with van der Waals surface area (Å²) in [6, 6.07) is 14.3. The van der Waals surface area contributed by atoms with E-state index in [1.165, 1.54) is 0 Å². The average Bonchev–Trinajstić information content (AvgIpc) is 2.95. The highest BCUT2D eigenvalue weighted by atomic mass is 35.5. The van der Waals surface area contributed by atoms with Gasteiger partial charge in [-0.2, -0.15) is 0 Å². The Labute approximate surface area is 247 Å². The molecule has 0 radical (unpaired) electrons. The number of likely N-dealkylation sites (tertiary alicyclic amines) is 1. The van der Waals surface area contributed by atoms with Crippen molar-refractivity contribution in [2.45, 2.75) is 58.7 Å². The summed E-state index contributed by atoms with van der Waals surface area (Å²) < 4.78 is 5.45. The maximum Gasteiger partial charge on any atom is 0.255 e. The lowest BCUT2D eigenvalue weighted by molar-refractivity contribution is -0.119. The van der Waals surface area contributed by atoms with Crippen LogP contribution in [-0.4, -0.2) is 65.0 Å². The third-order valence-corrected chi connectivity index (χ3v) is 7.82. The fourth-order valence-corrected chi connectivity index (χ4v) is 5.73. The molecule has 0 aliphatic carbocycles. The Bertz CT molecular complexity index is 1290. The van der Waals surface area contributed by atoms with Gasteiger partial charge in [-0.15, -0.1) is 0 Å². The Hall–Kier alpha value is -3.69. The highest BCUT2D eigenvalue weighted by molar-refractivity contribution is 6.29. The van der Waals surface area contributed by atoms with E-state index in [2.05, 4.69) is 38.1 Å². The normalized spacial score (nSPS) is 14.8. The first-order valence-corrected chi connectivity index (χ1v) is 14.4. The minimum absolute atomic E-state index is 0.104. The largest absolute Gasteiger partial charge is 0.484 e. The lowest BCUT2D eigenvalue weighted by Gasteiger charge is -2.42. The SMILES string of the molecule is Cc1cc(Cl)nc(C)c1C(=O)NCC[C@@H](C)N1CCC(N(Cc2cccnc2)c2ccc(OCC(N)=O)cc2)CC1. The molecule has 3 heterocycles. The smallest absolute Gasteiger partial charge is 0.255 e. The summed E-state index contributed by atoms with van der Waals surface area (Å²) >= 11 is 6.02. The molecule has 1 saturated heterocycles. The van der Waals surface area contributed by atoms with Gasteiger partial charge in [0, 0.05) is 56.3 Å². The number of halogens is 1. The monoisotopic (exact) mass is 578 g/mol. The Morgan fingerprint density at radius 3 is 2.56 bits per heavy atom. The van der Waals surface area contributed by atoms with Crippen LogP contribution in [0.2, 0.25) is 5.15 Å². The van der Waals surface area contributed by atoms with E-state index in [-0.39, 0.29) is 12.5 Å². The third-order valence-electron chi connectivity index (χ3n) is 7.63. The topological polar surface area (TPSA) is 114 Å². The standard InChI is InChI=1S/C31H39ClN6O3/c1-21-17-28(32)36-23(3)30(21)31(40)35-14-10-22(2)37-15-11-26(12-16-37)38(19-24-5-4-13-34-18-24)25-6-8-27(9-7-25)41-20-29(33)39/h4-9,13,17-18,22,26H,10-12,14-16,19-20H2,1-3H3,(H2,33,39)(H,35,40)/t22-/m1/s1. The lowest BCUT2D eigenvalue weighted by atomic mass is 9.99. The number of hydrogen-bond acceptors (Lipinski definition) is 7. The van der Waals surface area contributed by atoms with Crippen LogP contribution in [-0.2, 0) is 11.3 Å². The summed E-state index contributed by atoms with van der Waals surface area (Å²) in [5, 5.41) is 3.47. The number of pyridine rings is 2. The molecule has 1 aliphatic rings. The van der Waals surface area contributed by atoms with E-state index in [9.17, 15) is 9.59 Å². The Morgan fingerprint density at radius 1 is 1.20 bits per heavy atom. The number of aryl methyl sites for hydroxylation is 2. The predicted octanol–water partition coefficient (Wildman–Crippen LogP) is 4.29. The van der Waals surface area contributed by atoms with E-state index in [1.807, 2.05) is 50.4 Å². The van der Waals surface area contributed by atoms with Gasteiger partial charge in [-0.1, -0.05) is 17.7 Å². The van der Waals surface area contributed by atoms with Crippen molar-refractivity contribution < 1.29 is 14.3 Å². The second-order valence-electron chi connectivity index (χ2n) is 10.6. The van der Waals surface area contributed by atoms with Crippen LogP contribution < -0.4 is 20.7 Å². The summed E-state index contributed by atoms with van der Waals surface area (Å²) in [7, 11) is 0. The highest BCUT2D eigenvalue weighted by Gasteiger charge is 2.27. The molecule has 0 bridgehead atoms. The Kier molecular flexibility index (Phi) is 10.5. The summed E-state index contributed by atoms with van der Waals surface area (Å²) in [5.74, 6) is 0.00845. The minimum Gasteiger partial charge on any atom is -0.484 e. The molecule has 41 heavy (non-hydrogen) atoms. The quantitative estimate of drug-likeness (QED) is 0.308. The van der Waals surface area contributed by atoms with Gasteiger partial charge in [0.1, 0.15) is 10.9 Å². The van der Waals surface area contributed by atoms with Crippen molar-refractivity contribution in [2.24, 2.45) is 5.73 Å². The molecule has 3 aromatic rings. The molecule has 2 aromatic heterocycles. The van der Waals surface area contributed by atoms with E-state index in [0.717, 1.165) is 55.7 Å². The van der Waals surface area contributed by atoms with Gasteiger partial charge in [0.25, 0.3) is 11.8 Å². The number of anilines is 1. The number of nitrogens with two attached hydrogens (primary N) is 1. The molecule has 0 spiro atoms. The fraction of sp³-hybridized carbons (Fsp3) is 0.419. The van der Waals surface area contributed by atoms with Gasteiger partial charge in [-0.25, -0.2) is 4.98 Å². The number of amides is 2. The zero-order chi connectivity index (χ0) is 29.4. The van der Waals surface area contributed by atoms with Crippen LogP contribution in [0.1, 0.15) is 53.4 Å². The molecule has 2 amide bonds. The molecular formula is C31H39ClN6O3. The molecule has 1 fully saturated rings. The van der Waals surface area contributed by atoms with Gasteiger partial charge < -0.3 is 25.6 Å². The van der Waals surface area contributed by atoms with E-state index in [0.29, 0.717) is 40.8 Å². The Morgan fingerprint density at radius 2 is 1.93 bits per heavy atom. The van der Waals surface area contributed by atoms with Crippen molar-refractivity contribution in [3.05, 3.63) is 82.4 Å². The van der Waals surface area contributed by atoms with E-state index >= 15 is 0 Å². The van der Waals surface area contributed by atoms with Crippen LogP contribution in [0.3, 0.4) is 0 Å². The maximum absolute atomic E-state index is 12.8. The number of nitrogens with zero attached hydrogens (tertiary/aromatic N) is 4. The van der Waals surface area contributed by atoms with Crippen LogP contribution in [0, 0.1) is 13.8 Å². The number of carbonyl (C=O) groups is 2. The van der Waals surface area contributed by atoms with E-state index < -0.39 is 5.91 Å². The lowest BCUT2D eigenvalue weighted by Crippen LogP contribution is -2.48. The molecule has 218 valence electrons. The maximum atomic E-state index is 12.8. The Balaban J connectivity index is 1.33. The third kappa shape index (κ3) is 8.41. The minimum atomic E-state index is -0.500. The molecule has 3 N–H and O–H groups in total. The second kappa shape index (κ2) is 14.3. The van der Waals surface area contributed by atoms with Crippen molar-refractivity contribution in [1.29, 1.82) is 0 Å². The summed E-state index contributed by atoms with van der Waals surface area (Å²) in [4.78, 5) is 37.3. The summed E-state index contributed by atoms with van der Waals surface area (Å²) in [5.41, 5.74) is 9.53. The van der Waals surface area contributed by atoms with Gasteiger partial charge in [-0.05, 0) is 87.6 Å². The molecule has 1 aliphatic heterocycles. The first-order valence-electron chi connectivity index (χ1n) is 14.0. The van der Waals surface area contributed by atoms with E-state index in [4.69, 9.17) is 22.1 Å². The van der Waals surface area contributed by atoms with Gasteiger partial charge in [0.05, 0.1) is 11.3 Å². The van der Waals surface area contributed by atoms with Gasteiger partial charge in [0.2, 0.25) is 0 Å². The first kappa shape index (κ1) is 30.3. The van der Waals surface area contributed by atoms with Gasteiger partial charge in [-0.3, -0.25) is 14.6 Å². The van der Waals surface area contributed by atoms with Crippen molar-refractivity contribution in [1.82, 2.24) is 20.2 Å². The molecular weight excluding hydrogens is 540 g/mol. The van der Waals surface area contributed by atoms with Crippen molar-refractivity contribution in [2.75, 3.05) is 31.1 Å². The average molecular weight is 579 g/mol. The van der Waals surface area contributed by atoms with Gasteiger partial charge >= 0.3 is 0 Å². The number of piperidine rings is 1. The van der Waals surface area contributed by atoms with Crippen molar-refractivity contribution >= 4 is 29.1 Å². The number of carbonyl (C=O) groups excluding carboxylic acids is 2. The second-order valence-corrected chi connectivity index (χ2v) is 11.0. The molecule has 1 aromatic carbocycles. The highest BCUT2D eigenvalue weighted by Crippen LogP contribution is 2.28. The fourth-order valence-electron chi connectivity index (χ4n) is 5.44. The number of rotatable bonds is 12. The zero-order valence-electron chi connectivity index (χ0n) is 24.0. The number of nitrogens with one attached hydrogen (secondary N) is 1. The van der Waals surface area contributed by atoms with Crippen LogP contribution in [0.4, 0.5) is 5.69 Å². The molecule has 1 atom stereocenters. The number of aromatic nitrogens is 2. The van der Waals surface area contributed by atoms with E-state index in [1.54, 1.807) is 12.3 Å². The van der Waals surface area contributed by atoms with Crippen LogP contribution >= 0.6 is 11.6 Å². The molecule has 10 heteroatoms. The predicted molar refractivity (Wildman–Crippen MR) is 161 cm³/mol.